The molecule has 0 aromatic heterocycles. The second-order valence-electron chi connectivity index (χ2n) is 11.7. The van der Waals surface area contributed by atoms with Crippen molar-refractivity contribution in [2.45, 2.75) is 76.2 Å². The Hall–Kier alpha value is -3.60. The Morgan fingerprint density at radius 1 is 0.886 bits per heavy atom. The van der Waals surface area contributed by atoms with Crippen molar-refractivity contribution in [1.82, 2.24) is 10.2 Å². The molecular formula is C35H42N2O7. The maximum Gasteiger partial charge on any atom is 0.303 e. The number of carboxylic acids is 1. The number of ether oxygens (including phenoxy) is 2. The number of hydrogen-bond acceptors (Lipinski definition) is 7. The van der Waals surface area contributed by atoms with Gasteiger partial charge in [-0.3, -0.25) is 14.5 Å². The maximum absolute atomic E-state index is 12.1. The highest BCUT2D eigenvalue weighted by Crippen LogP contribution is 2.39. The van der Waals surface area contributed by atoms with E-state index in [-0.39, 0.29) is 50.2 Å². The van der Waals surface area contributed by atoms with E-state index in [0.717, 1.165) is 59.3 Å². The molecule has 234 valence electrons. The predicted molar refractivity (Wildman–Crippen MR) is 165 cm³/mol. The fourth-order valence-electron chi connectivity index (χ4n) is 6.05. The van der Waals surface area contributed by atoms with E-state index < -0.39 is 12.3 Å². The average Bonchev–Trinajstić information content (AvgIpc) is 3.50. The summed E-state index contributed by atoms with van der Waals surface area (Å²) in [6.45, 7) is 2.16. The highest BCUT2D eigenvalue weighted by molar-refractivity contribution is 5.76. The van der Waals surface area contributed by atoms with Crippen LogP contribution in [0.4, 0.5) is 0 Å². The quantitative estimate of drug-likeness (QED) is 0.221. The summed E-state index contributed by atoms with van der Waals surface area (Å²) in [7, 11) is 0. The lowest BCUT2D eigenvalue weighted by Crippen LogP contribution is -2.42. The van der Waals surface area contributed by atoms with E-state index in [1.165, 1.54) is 0 Å². The SMILES string of the molecule is O=C(O)CCCC(=O)NCc1cccc(-c2cccc([C@H]3O[C@@H](CN4CCC[C@H]4CO)C[C@@H](c4ccc(CO)cc4)O3)c2)c1. The zero-order chi connectivity index (χ0) is 30.9. The first kappa shape index (κ1) is 31.8. The normalized spacial score (nSPS) is 22.1. The van der Waals surface area contributed by atoms with Crippen molar-refractivity contribution in [1.29, 1.82) is 0 Å². The topological polar surface area (TPSA) is 129 Å². The summed E-state index contributed by atoms with van der Waals surface area (Å²) in [5, 5.41) is 31.0. The molecule has 0 radical (unpaired) electrons. The van der Waals surface area contributed by atoms with E-state index in [4.69, 9.17) is 14.6 Å². The van der Waals surface area contributed by atoms with Gasteiger partial charge < -0.3 is 30.1 Å². The highest BCUT2D eigenvalue weighted by atomic mass is 16.7. The minimum absolute atomic E-state index is 0.00910. The van der Waals surface area contributed by atoms with Crippen LogP contribution in [0.1, 0.15) is 73.2 Å². The Morgan fingerprint density at radius 2 is 1.66 bits per heavy atom. The van der Waals surface area contributed by atoms with Gasteiger partial charge in [0.05, 0.1) is 25.4 Å². The monoisotopic (exact) mass is 602 g/mol. The first-order chi connectivity index (χ1) is 21.4. The number of nitrogens with one attached hydrogen (secondary N) is 1. The van der Waals surface area contributed by atoms with Crippen molar-refractivity contribution in [3.8, 4) is 11.1 Å². The van der Waals surface area contributed by atoms with Gasteiger partial charge in [0, 0.05) is 44.0 Å². The van der Waals surface area contributed by atoms with Crippen LogP contribution in [0.25, 0.3) is 11.1 Å². The van der Waals surface area contributed by atoms with Crippen LogP contribution in [0.3, 0.4) is 0 Å². The minimum Gasteiger partial charge on any atom is -0.481 e. The number of amides is 1. The number of hydrogen-bond donors (Lipinski definition) is 4. The van der Waals surface area contributed by atoms with Crippen LogP contribution in [0.15, 0.2) is 72.8 Å². The molecule has 2 fully saturated rings. The summed E-state index contributed by atoms with van der Waals surface area (Å²) in [5.74, 6) is -1.07. The fraction of sp³-hybridized carbons (Fsp3) is 0.429. The molecule has 4 N–H and O–H groups in total. The molecule has 2 aliphatic heterocycles. The standard InChI is InChI=1S/C35H42N2O7/c38-22-24-12-14-26(15-13-24)32-19-31(21-37-16-4-9-30(37)23-39)43-35(44-32)29-8-2-7-28(18-29)27-6-1-5-25(17-27)20-36-33(40)10-3-11-34(41)42/h1-2,5-8,12-15,17-18,30-32,35,38-39H,3-4,9-11,16,19-23H2,(H,36,40)(H,41,42)/t30-,31+,32-,35-/m0/s1. The lowest BCUT2D eigenvalue weighted by Gasteiger charge is -2.38. The minimum atomic E-state index is -0.901. The Morgan fingerprint density at radius 3 is 2.41 bits per heavy atom. The van der Waals surface area contributed by atoms with Gasteiger partial charge in [0.25, 0.3) is 0 Å². The van der Waals surface area contributed by atoms with E-state index in [2.05, 4.69) is 16.3 Å². The zero-order valence-electron chi connectivity index (χ0n) is 24.9. The van der Waals surface area contributed by atoms with E-state index in [1.807, 2.05) is 66.7 Å². The molecule has 2 heterocycles. The van der Waals surface area contributed by atoms with Crippen LogP contribution in [-0.4, -0.2) is 63.9 Å². The molecule has 2 aliphatic rings. The van der Waals surface area contributed by atoms with Gasteiger partial charge in [0.2, 0.25) is 5.91 Å². The molecule has 9 nitrogen and oxygen atoms in total. The maximum atomic E-state index is 12.1. The van der Waals surface area contributed by atoms with Crippen LogP contribution >= 0.6 is 0 Å². The van der Waals surface area contributed by atoms with Crippen molar-refractivity contribution >= 4 is 11.9 Å². The molecule has 4 atom stereocenters. The zero-order valence-corrected chi connectivity index (χ0v) is 24.9. The second-order valence-corrected chi connectivity index (χ2v) is 11.7. The molecule has 0 unspecified atom stereocenters. The Balaban J connectivity index is 1.31. The third-order valence-corrected chi connectivity index (χ3v) is 8.47. The number of carbonyl (C=O) groups is 2. The van der Waals surface area contributed by atoms with Gasteiger partial charge in [-0.2, -0.15) is 0 Å². The molecule has 0 aliphatic carbocycles. The number of carboxylic acid groups (broad SMARTS) is 1. The predicted octanol–water partition coefficient (Wildman–Crippen LogP) is 4.72. The summed E-state index contributed by atoms with van der Waals surface area (Å²) >= 11 is 0. The molecular weight excluding hydrogens is 560 g/mol. The van der Waals surface area contributed by atoms with Gasteiger partial charge in [-0.15, -0.1) is 0 Å². The van der Waals surface area contributed by atoms with Crippen LogP contribution in [0.2, 0.25) is 0 Å². The summed E-state index contributed by atoms with van der Waals surface area (Å²) in [4.78, 5) is 25.2. The van der Waals surface area contributed by atoms with E-state index >= 15 is 0 Å². The molecule has 0 saturated carbocycles. The van der Waals surface area contributed by atoms with Gasteiger partial charge >= 0.3 is 5.97 Å². The molecule has 9 heteroatoms. The van der Waals surface area contributed by atoms with Crippen LogP contribution < -0.4 is 5.32 Å². The number of aliphatic carboxylic acids is 1. The van der Waals surface area contributed by atoms with E-state index in [9.17, 15) is 19.8 Å². The lowest BCUT2D eigenvalue weighted by atomic mass is 9.98. The first-order valence-corrected chi connectivity index (χ1v) is 15.4. The summed E-state index contributed by atoms with van der Waals surface area (Å²) in [6, 6.07) is 24.1. The van der Waals surface area contributed by atoms with Gasteiger partial charge in [-0.05, 0) is 65.8 Å². The number of likely N-dealkylation sites (tertiary alicyclic amines) is 1. The average molecular weight is 603 g/mol. The van der Waals surface area contributed by atoms with Crippen molar-refractivity contribution in [2.75, 3.05) is 19.7 Å². The molecule has 3 aromatic rings. The Labute approximate surface area is 258 Å². The van der Waals surface area contributed by atoms with Crippen molar-refractivity contribution in [2.24, 2.45) is 0 Å². The molecule has 3 aromatic carbocycles. The number of benzene rings is 3. The summed E-state index contributed by atoms with van der Waals surface area (Å²) < 4.78 is 13.2. The highest BCUT2D eigenvalue weighted by Gasteiger charge is 2.35. The fourth-order valence-corrected chi connectivity index (χ4v) is 6.05. The van der Waals surface area contributed by atoms with E-state index in [0.29, 0.717) is 19.4 Å². The van der Waals surface area contributed by atoms with E-state index in [1.54, 1.807) is 0 Å². The second kappa shape index (κ2) is 15.4. The Kier molecular flexibility index (Phi) is 11.1. The molecule has 44 heavy (non-hydrogen) atoms. The Bertz CT molecular complexity index is 1400. The number of aliphatic hydroxyl groups is 2. The summed E-state index contributed by atoms with van der Waals surface area (Å²) in [6.07, 6.45) is 2.36. The van der Waals surface area contributed by atoms with Gasteiger partial charge in [0.15, 0.2) is 6.29 Å². The molecule has 5 rings (SSSR count). The molecule has 2 saturated heterocycles. The van der Waals surface area contributed by atoms with Gasteiger partial charge in [-0.25, -0.2) is 0 Å². The third-order valence-electron chi connectivity index (χ3n) is 8.47. The van der Waals surface area contributed by atoms with Crippen LogP contribution in [0, 0.1) is 0 Å². The number of nitrogens with zero attached hydrogens (tertiary/aromatic N) is 1. The lowest BCUT2D eigenvalue weighted by molar-refractivity contribution is -0.253. The van der Waals surface area contributed by atoms with Crippen LogP contribution in [-0.2, 0) is 32.2 Å². The number of carbonyl (C=O) groups excluding carboxylic acids is 1. The summed E-state index contributed by atoms with van der Waals surface area (Å²) in [5.41, 5.74) is 5.73. The largest absolute Gasteiger partial charge is 0.481 e. The number of rotatable bonds is 13. The van der Waals surface area contributed by atoms with Gasteiger partial charge in [0.1, 0.15) is 0 Å². The first-order valence-electron chi connectivity index (χ1n) is 15.4. The third kappa shape index (κ3) is 8.52. The van der Waals surface area contributed by atoms with Crippen molar-refractivity contribution in [3.05, 3.63) is 95.1 Å². The van der Waals surface area contributed by atoms with Gasteiger partial charge in [-0.1, -0.05) is 60.7 Å². The van der Waals surface area contributed by atoms with Crippen molar-refractivity contribution < 1.29 is 34.4 Å². The molecule has 0 bridgehead atoms. The molecule has 0 spiro atoms. The van der Waals surface area contributed by atoms with Crippen LogP contribution in [0.5, 0.6) is 0 Å². The smallest absolute Gasteiger partial charge is 0.303 e. The van der Waals surface area contributed by atoms with Crippen molar-refractivity contribution in [3.63, 3.8) is 0 Å². The number of aliphatic hydroxyl groups excluding tert-OH is 2. The molecule has 1 amide bonds.